The van der Waals surface area contributed by atoms with E-state index in [2.05, 4.69) is 20.8 Å². The molecule has 1 aliphatic heterocycles. The fourth-order valence-electron chi connectivity index (χ4n) is 2.81. The molecule has 3 rings (SSSR count). The second kappa shape index (κ2) is 9.59. The number of rotatable bonds is 6. The van der Waals surface area contributed by atoms with Crippen LogP contribution in [0.5, 0.6) is 5.75 Å². The number of amides is 1. The van der Waals surface area contributed by atoms with Crippen LogP contribution in [0.2, 0.25) is 0 Å². The van der Waals surface area contributed by atoms with Gasteiger partial charge in [0.15, 0.2) is 0 Å². The minimum absolute atomic E-state index is 0.238. The van der Waals surface area contributed by atoms with Gasteiger partial charge in [0.2, 0.25) is 0 Å². The summed E-state index contributed by atoms with van der Waals surface area (Å²) in [5.41, 5.74) is 1.00. The highest BCUT2D eigenvalue weighted by Gasteiger charge is 2.22. The number of para-hydroxylation sites is 1. The average Bonchev–Trinajstić information content (AvgIpc) is 2.69. The van der Waals surface area contributed by atoms with Gasteiger partial charge in [-0.3, -0.25) is 4.90 Å². The lowest BCUT2D eigenvalue weighted by molar-refractivity contribution is 0.0683. The van der Waals surface area contributed by atoms with E-state index < -0.39 is 0 Å². The number of hydrogen-bond acceptors (Lipinski definition) is 4. The van der Waals surface area contributed by atoms with Gasteiger partial charge in [0, 0.05) is 32.7 Å². The van der Waals surface area contributed by atoms with Crippen molar-refractivity contribution in [2.24, 2.45) is 0 Å². The zero-order chi connectivity index (χ0) is 18.2. The maximum Gasteiger partial charge on any atom is 0.410 e. The number of carbonyl (C=O) groups excluding carboxylic acids is 1. The van der Waals surface area contributed by atoms with Crippen LogP contribution < -0.4 is 4.74 Å². The van der Waals surface area contributed by atoms with E-state index in [4.69, 9.17) is 9.47 Å². The maximum absolute atomic E-state index is 12.2. The number of benzene rings is 2. The first kappa shape index (κ1) is 18.7. The van der Waals surface area contributed by atoms with Crippen molar-refractivity contribution < 1.29 is 14.3 Å². The molecule has 2 aromatic rings. The smallest absolute Gasteiger partial charge is 0.410 e. The molecule has 0 saturated carbocycles. The Morgan fingerprint density at radius 1 is 0.962 bits per heavy atom. The Kier molecular flexibility index (Phi) is 6.91. The molecule has 1 saturated heterocycles. The van der Waals surface area contributed by atoms with Crippen molar-refractivity contribution in [3.8, 4) is 5.75 Å². The molecule has 6 heteroatoms. The summed E-state index contributed by atoms with van der Waals surface area (Å²) < 4.78 is 12.2. The van der Waals surface area contributed by atoms with Gasteiger partial charge >= 0.3 is 6.09 Å². The summed E-state index contributed by atoms with van der Waals surface area (Å²) in [6, 6.07) is 17.6. The summed E-state index contributed by atoms with van der Waals surface area (Å²) in [5.74, 6) is 0.857. The van der Waals surface area contributed by atoms with Crippen molar-refractivity contribution in [3.05, 3.63) is 64.6 Å². The van der Waals surface area contributed by atoms with Gasteiger partial charge in [-0.1, -0.05) is 42.5 Å². The molecule has 26 heavy (non-hydrogen) atoms. The van der Waals surface area contributed by atoms with Crippen molar-refractivity contribution in [1.29, 1.82) is 0 Å². The van der Waals surface area contributed by atoms with Crippen molar-refractivity contribution >= 4 is 22.0 Å². The predicted molar refractivity (Wildman–Crippen MR) is 104 cm³/mol. The quantitative estimate of drug-likeness (QED) is 0.715. The molecule has 0 unspecified atom stereocenters. The van der Waals surface area contributed by atoms with Crippen molar-refractivity contribution in [2.45, 2.75) is 6.61 Å². The Bertz CT molecular complexity index is 703. The standard InChI is InChI=1S/C20H23BrN2O3/c21-18-8-4-5-9-19(18)25-15-14-22-10-12-23(13-11-22)20(24)26-16-17-6-2-1-3-7-17/h1-9H,10-16H2. The molecule has 5 nitrogen and oxygen atoms in total. The Labute approximate surface area is 162 Å². The van der Waals surface area contributed by atoms with Gasteiger partial charge in [-0.25, -0.2) is 4.79 Å². The highest BCUT2D eigenvalue weighted by molar-refractivity contribution is 9.10. The summed E-state index contributed by atoms with van der Waals surface area (Å²) in [4.78, 5) is 16.2. The second-order valence-corrected chi connectivity index (χ2v) is 7.00. The molecule has 0 bridgehead atoms. The molecule has 0 atom stereocenters. The number of nitrogens with zero attached hydrogens (tertiary/aromatic N) is 2. The fourth-order valence-corrected chi connectivity index (χ4v) is 3.21. The van der Waals surface area contributed by atoms with E-state index in [1.54, 1.807) is 4.90 Å². The first-order valence-electron chi connectivity index (χ1n) is 8.78. The van der Waals surface area contributed by atoms with Crippen LogP contribution in [-0.4, -0.2) is 55.2 Å². The Hall–Kier alpha value is -2.05. The summed E-state index contributed by atoms with van der Waals surface area (Å²) in [5, 5.41) is 0. The number of hydrogen-bond donors (Lipinski definition) is 0. The minimum Gasteiger partial charge on any atom is -0.491 e. The van der Waals surface area contributed by atoms with Gasteiger partial charge in [-0.05, 0) is 33.6 Å². The normalized spacial score (nSPS) is 14.9. The summed E-state index contributed by atoms with van der Waals surface area (Å²) >= 11 is 3.48. The molecule has 0 aromatic heterocycles. The SMILES string of the molecule is O=C(OCc1ccccc1)N1CCN(CCOc2ccccc2Br)CC1. The van der Waals surface area contributed by atoms with Crippen LogP contribution in [0.15, 0.2) is 59.1 Å². The third kappa shape index (κ3) is 5.47. The second-order valence-electron chi connectivity index (χ2n) is 6.15. The van der Waals surface area contributed by atoms with Crippen molar-refractivity contribution in [2.75, 3.05) is 39.3 Å². The van der Waals surface area contributed by atoms with Gasteiger partial charge in [-0.2, -0.15) is 0 Å². The number of carbonyl (C=O) groups is 1. The first-order valence-corrected chi connectivity index (χ1v) is 9.57. The Morgan fingerprint density at radius 3 is 2.38 bits per heavy atom. The van der Waals surface area contributed by atoms with Gasteiger partial charge in [-0.15, -0.1) is 0 Å². The van der Waals surface area contributed by atoms with E-state index >= 15 is 0 Å². The molecule has 1 heterocycles. The van der Waals surface area contributed by atoms with Crippen LogP contribution in [0.4, 0.5) is 4.79 Å². The Balaban J connectivity index is 1.34. The lowest BCUT2D eigenvalue weighted by Gasteiger charge is -2.33. The maximum atomic E-state index is 12.2. The van der Waals surface area contributed by atoms with Crippen LogP contribution in [-0.2, 0) is 11.3 Å². The van der Waals surface area contributed by atoms with E-state index in [0.29, 0.717) is 26.3 Å². The van der Waals surface area contributed by atoms with Gasteiger partial charge < -0.3 is 14.4 Å². The zero-order valence-corrected chi connectivity index (χ0v) is 16.2. The van der Waals surface area contributed by atoms with Crippen molar-refractivity contribution in [3.63, 3.8) is 0 Å². The van der Waals surface area contributed by atoms with E-state index in [0.717, 1.165) is 35.4 Å². The topological polar surface area (TPSA) is 42.0 Å². The molecule has 0 N–H and O–H groups in total. The summed E-state index contributed by atoms with van der Waals surface area (Å²) in [7, 11) is 0. The molecule has 0 radical (unpaired) electrons. The third-order valence-electron chi connectivity index (χ3n) is 4.34. The highest BCUT2D eigenvalue weighted by atomic mass is 79.9. The van der Waals surface area contributed by atoms with Crippen LogP contribution >= 0.6 is 15.9 Å². The summed E-state index contributed by atoms with van der Waals surface area (Å²) in [6.07, 6.45) is -0.238. The Morgan fingerprint density at radius 2 is 1.65 bits per heavy atom. The molecule has 0 aliphatic carbocycles. The number of piperazine rings is 1. The van der Waals surface area contributed by atoms with E-state index in [1.165, 1.54) is 0 Å². The molecule has 2 aromatic carbocycles. The average molecular weight is 419 g/mol. The van der Waals surface area contributed by atoms with Crippen molar-refractivity contribution in [1.82, 2.24) is 9.80 Å². The van der Waals surface area contributed by atoms with E-state index in [1.807, 2.05) is 54.6 Å². The lowest BCUT2D eigenvalue weighted by Crippen LogP contribution is -2.49. The molecule has 1 aliphatic rings. The van der Waals surface area contributed by atoms with Gasteiger partial charge in [0.05, 0.1) is 4.47 Å². The van der Waals surface area contributed by atoms with Crippen LogP contribution in [0.25, 0.3) is 0 Å². The number of halogens is 1. The van der Waals surface area contributed by atoms with Crippen LogP contribution in [0.1, 0.15) is 5.56 Å². The third-order valence-corrected chi connectivity index (χ3v) is 4.99. The van der Waals surface area contributed by atoms with Crippen LogP contribution in [0, 0.1) is 0 Å². The minimum atomic E-state index is -0.238. The van der Waals surface area contributed by atoms with Gasteiger partial charge in [0.1, 0.15) is 19.0 Å². The highest BCUT2D eigenvalue weighted by Crippen LogP contribution is 2.23. The molecule has 0 spiro atoms. The lowest BCUT2D eigenvalue weighted by atomic mass is 10.2. The van der Waals surface area contributed by atoms with E-state index in [9.17, 15) is 4.79 Å². The number of ether oxygens (including phenoxy) is 2. The molecular formula is C20H23BrN2O3. The molecule has 138 valence electrons. The monoisotopic (exact) mass is 418 g/mol. The van der Waals surface area contributed by atoms with Gasteiger partial charge in [0.25, 0.3) is 0 Å². The zero-order valence-electron chi connectivity index (χ0n) is 14.6. The predicted octanol–water partition coefficient (Wildman–Crippen LogP) is 3.78. The first-order chi connectivity index (χ1) is 12.7. The largest absolute Gasteiger partial charge is 0.491 e. The summed E-state index contributed by atoms with van der Waals surface area (Å²) in [6.45, 7) is 4.82. The molecule has 1 fully saturated rings. The molecule has 1 amide bonds. The van der Waals surface area contributed by atoms with Crippen LogP contribution in [0.3, 0.4) is 0 Å². The fraction of sp³-hybridized carbons (Fsp3) is 0.350. The van der Waals surface area contributed by atoms with E-state index in [-0.39, 0.29) is 6.09 Å². The molecular weight excluding hydrogens is 396 g/mol.